The number of amides is 1. The molecule has 1 aromatic carbocycles. The van der Waals surface area contributed by atoms with E-state index in [-0.39, 0.29) is 23.5 Å². The van der Waals surface area contributed by atoms with Crippen molar-refractivity contribution in [3.63, 3.8) is 0 Å². The van der Waals surface area contributed by atoms with Gasteiger partial charge in [-0.3, -0.25) is 4.79 Å². The van der Waals surface area contributed by atoms with E-state index in [1.807, 2.05) is 24.3 Å². The first-order valence-corrected chi connectivity index (χ1v) is 10.1. The van der Waals surface area contributed by atoms with Crippen LogP contribution in [0, 0.1) is 11.3 Å². The molecule has 25 heavy (non-hydrogen) atoms. The van der Waals surface area contributed by atoms with E-state index in [2.05, 4.69) is 26.1 Å². The molecule has 0 radical (unpaired) electrons. The van der Waals surface area contributed by atoms with E-state index in [0.29, 0.717) is 12.0 Å². The predicted octanol–water partition coefficient (Wildman–Crippen LogP) is 3.75. The van der Waals surface area contributed by atoms with E-state index in [9.17, 15) is 4.79 Å². The van der Waals surface area contributed by atoms with Crippen molar-refractivity contribution < 1.29 is 14.3 Å². The highest BCUT2D eigenvalue weighted by Gasteiger charge is 2.55. The van der Waals surface area contributed by atoms with E-state index in [4.69, 9.17) is 9.47 Å². The van der Waals surface area contributed by atoms with Crippen LogP contribution < -0.4 is 5.32 Å². The highest BCUT2D eigenvalue weighted by atomic mass is 32.2. The topological polar surface area (TPSA) is 47.6 Å². The smallest absolute Gasteiger partial charge is 0.252 e. The minimum atomic E-state index is -0.0520. The summed E-state index contributed by atoms with van der Waals surface area (Å²) in [7, 11) is 1.75. The zero-order valence-corrected chi connectivity index (χ0v) is 16.4. The van der Waals surface area contributed by atoms with Crippen LogP contribution in [-0.4, -0.2) is 43.6 Å². The summed E-state index contributed by atoms with van der Waals surface area (Å²) in [5, 5.41) is 3.24. The second-order valence-corrected chi connectivity index (χ2v) is 8.79. The number of hydrogen-bond acceptors (Lipinski definition) is 4. The number of benzene rings is 1. The third-order valence-corrected chi connectivity index (χ3v) is 6.86. The highest BCUT2D eigenvalue weighted by molar-refractivity contribution is 7.99. The molecule has 1 aliphatic heterocycles. The maximum Gasteiger partial charge on any atom is 0.252 e. The molecule has 1 N–H and O–H groups in total. The van der Waals surface area contributed by atoms with Crippen molar-refractivity contribution in [3.8, 4) is 0 Å². The van der Waals surface area contributed by atoms with Gasteiger partial charge in [-0.1, -0.05) is 32.9 Å². The van der Waals surface area contributed by atoms with E-state index >= 15 is 0 Å². The van der Waals surface area contributed by atoms with Crippen LogP contribution in [-0.2, 0) is 9.47 Å². The monoisotopic (exact) mass is 363 g/mol. The van der Waals surface area contributed by atoms with Gasteiger partial charge in [0.25, 0.3) is 5.91 Å². The van der Waals surface area contributed by atoms with Gasteiger partial charge in [0.15, 0.2) is 0 Å². The lowest BCUT2D eigenvalue weighted by atomic mass is 9.58. The van der Waals surface area contributed by atoms with E-state index in [0.717, 1.165) is 35.7 Å². The van der Waals surface area contributed by atoms with Crippen LogP contribution in [0.15, 0.2) is 29.2 Å². The van der Waals surface area contributed by atoms with Gasteiger partial charge in [-0.05, 0) is 25.0 Å². The number of thioether (sulfide) groups is 1. The van der Waals surface area contributed by atoms with Crippen molar-refractivity contribution in [3.05, 3.63) is 29.8 Å². The summed E-state index contributed by atoms with van der Waals surface area (Å²) in [6, 6.07) is 7.99. The average molecular weight is 364 g/mol. The standard InChI is InChI=1S/C20H29NO3S/c1-13-17(20(2,3)18(13)23-4)21-19(22)15-9-5-6-10-16(15)25-12-14-8-7-11-24-14/h5-6,9-10,13-14,17-18H,7-8,11-12H2,1-4H3,(H,21,22)/t13-,14+,17-,18-/m1/s1. The van der Waals surface area contributed by atoms with Crippen molar-refractivity contribution in [2.24, 2.45) is 11.3 Å². The molecule has 4 atom stereocenters. The second kappa shape index (κ2) is 7.68. The number of nitrogens with one attached hydrogen (secondary N) is 1. The summed E-state index contributed by atoms with van der Waals surface area (Å²) in [6.45, 7) is 7.32. The summed E-state index contributed by atoms with van der Waals surface area (Å²) in [5.41, 5.74) is 0.707. The van der Waals surface area contributed by atoms with E-state index < -0.39 is 0 Å². The minimum absolute atomic E-state index is 0.00918. The Morgan fingerprint density at radius 3 is 2.80 bits per heavy atom. The molecule has 0 bridgehead atoms. The van der Waals surface area contributed by atoms with Crippen molar-refractivity contribution in [1.29, 1.82) is 0 Å². The molecular formula is C20H29NO3S. The molecule has 0 spiro atoms. The number of carbonyl (C=O) groups excluding carboxylic acids is 1. The molecule has 3 rings (SSSR count). The number of hydrogen-bond donors (Lipinski definition) is 1. The van der Waals surface area contributed by atoms with Gasteiger partial charge >= 0.3 is 0 Å². The Balaban J connectivity index is 1.66. The molecule has 1 amide bonds. The molecule has 0 aromatic heterocycles. The Morgan fingerprint density at radius 2 is 2.16 bits per heavy atom. The van der Waals surface area contributed by atoms with Crippen molar-refractivity contribution >= 4 is 17.7 Å². The number of carbonyl (C=O) groups is 1. The van der Waals surface area contributed by atoms with E-state index in [1.54, 1.807) is 18.9 Å². The first kappa shape index (κ1) is 18.7. The van der Waals surface area contributed by atoms with Gasteiger partial charge in [-0.2, -0.15) is 0 Å². The molecule has 1 saturated heterocycles. The fourth-order valence-electron chi connectivity index (χ4n) is 4.38. The van der Waals surface area contributed by atoms with Crippen molar-refractivity contribution in [1.82, 2.24) is 5.32 Å². The van der Waals surface area contributed by atoms with Gasteiger partial charge in [0.2, 0.25) is 0 Å². The van der Waals surface area contributed by atoms with Crippen LogP contribution >= 0.6 is 11.8 Å². The van der Waals surface area contributed by atoms with Crippen molar-refractivity contribution in [2.45, 2.75) is 56.8 Å². The summed E-state index contributed by atoms with van der Waals surface area (Å²) in [5.74, 6) is 1.23. The van der Waals surface area contributed by atoms with Crippen LogP contribution in [0.1, 0.15) is 44.0 Å². The first-order valence-electron chi connectivity index (χ1n) is 9.12. The zero-order valence-electron chi connectivity index (χ0n) is 15.6. The van der Waals surface area contributed by atoms with Gasteiger partial charge < -0.3 is 14.8 Å². The summed E-state index contributed by atoms with van der Waals surface area (Å²) in [4.78, 5) is 13.9. The van der Waals surface area contributed by atoms with Crippen LogP contribution in [0.2, 0.25) is 0 Å². The molecule has 1 aliphatic carbocycles. The number of ether oxygens (including phenoxy) is 2. The Hall–Kier alpha value is -1.04. The summed E-state index contributed by atoms with van der Waals surface area (Å²) < 4.78 is 11.3. The summed E-state index contributed by atoms with van der Waals surface area (Å²) in [6.07, 6.45) is 2.76. The molecule has 0 unspecified atom stereocenters. The Bertz CT molecular complexity index is 613. The fraction of sp³-hybridized carbons (Fsp3) is 0.650. The molecule has 1 heterocycles. The second-order valence-electron chi connectivity index (χ2n) is 7.73. The van der Waals surface area contributed by atoms with Gasteiger partial charge in [0.1, 0.15) is 0 Å². The SMILES string of the molecule is CO[C@@H]1[C@H](C)[C@@H](NC(=O)c2ccccc2SC[C@@H]2CCCO2)C1(C)C. The minimum Gasteiger partial charge on any atom is -0.380 e. The molecule has 2 aliphatic rings. The third kappa shape index (κ3) is 3.74. The molecule has 4 nitrogen and oxygen atoms in total. The molecule has 2 fully saturated rings. The fourth-order valence-corrected chi connectivity index (χ4v) is 5.50. The van der Waals surface area contributed by atoms with Crippen molar-refractivity contribution in [2.75, 3.05) is 19.5 Å². The van der Waals surface area contributed by atoms with Gasteiger partial charge in [0, 0.05) is 41.7 Å². The predicted molar refractivity (Wildman–Crippen MR) is 101 cm³/mol. The molecule has 138 valence electrons. The molecule has 5 heteroatoms. The quantitative estimate of drug-likeness (QED) is 0.782. The normalized spacial score (nSPS) is 30.7. The molecule has 1 saturated carbocycles. The van der Waals surface area contributed by atoms with E-state index in [1.165, 1.54) is 0 Å². The maximum absolute atomic E-state index is 12.9. The Morgan fingerprint density at radius 1 is 1.40 bits per heavy atom. The van der Waals surface area contributed by atoms with Crippen LogP contribution in [0.25, 0.3) is 0 Å². The molecule has 1 aromatic rings. The highest BCUT2D eigenvalue weighted by Crippen LogP contribution is 2.47. The molecular weight excluding hydrogens is 334 g/mol. The number of rotatable bonds is 6. The lowest BCUT2D eigenvalue weighted by Crippen LogP contribution is -2.67. The first-order chi connectivity index (χ1) is 11.9. The maximum atomic E-state index is 12.9. The largest absolute Gasteiger partial charge is 0.380 e. The van der Waals surface area contributed by atoms with Crippen LogP contribution in [0.5, 0.6) is 0 Å². The third-order valence-electron chi connectivity index (χ3n) is 5.66. The summed E-state index contributed by atoms with van der Waals surface area (Å²) >= 11 is 1.72. The average Bonchev–Trinajstić information content (AvgIpc) is 3.11. The Labute approximate surface area is 155 Å². The van der Waals surface area contributed by atoms with Crippen LogP contribution in [0.4, 0.5) is 0 Å². The van der Waals surface area contributed by atoms with Gasteiger partial charge in [-0.25, -0.2) is 0 Å². The lowest BCUT2D eigenvalue weighted by Gasteiger charge is -2.56. The van der Waals surface area contributed by atoms with Crippen LogP contribution in [0.3, 0.4) is 0 Å². The van der Waals surface area contributed by atoms with Gasteiger partial charge in [0.05, 0.1) is 17.8 Å². The lowest BCUT2D eigenvalue weighted by molar-refractivity contribution is -0.141. The number of methoxy groups -OCH3 is 1. The zero-order chi connectivity index (χ0) is 18.0. The Kier molecular flexibility index (Phi) is 5.76. The van der Waals surface area contributed by atoms with Gasteiger partial charge in [-0.15, -0.1) is 11.8 Å².